The van der Waals surface area contributed by atoms with Gasteiger partial charge in [-0.25, -0.2) is 9.37 Å². The van der Waals surface area contributed by atoms with E-state index in [0.717, 1.165) is 16.3 Å². The van der Waals surface area contributed by atoms with Crippen molar-refractivity contribution in [2.24, 2.45) is 0 Å². The van der Waals surface area contributed by atoms with Gasteiger partial charge in [-0.2, -0.15) is 0 Å². The van der Waals surface area contributed by atoms with Crippen molar-refractivity contribution in [1.82, 2.24) is 10.1 Å². The van der Waals surface area contributed by atoms with Crippen molar-refractivity contribution in [1.29, 1.82) is 0 Å². The Kier molecular flexibility index (Phi) is 4.81. The Morgan fingerprint density at radius 3 is 2.60 bits per heavy atom. The van der Waals surface area contributed by atoms with Gasteiger partial charge in [-0.1, -0.05) is 38.1 Å². The molecule has 0 aliphatic carbocycles. The minimum atomic E-state index is -0.263. The maximum atomic E-state index is 12.9. The van der Waals surface area contributed by atoms with Gasteiger partial charge in [-0.3, -0.25) is 4.79 Å². The number of nitrogens with zero attached hydrogens (tertiary/aromatic N) is 2. The van der Waals surface area contributed by atoms with Crippen LogP contribution in [0.15, 0.2) is 40.2 Å². The summed E-state index contributed by atoms with van der Waals surface area (Å²) >= 11 is 1.43. The van der Waals surface area contributed by atoms with Crippen molar-refractivity contribution in [2.45, 2.75) is 39.0 Å². The summed E-state index contributed by atoms with van der Waals surface area (Å²) in [5.41, 5.74) is 1.86. The number of carbonyl (C=O) groups excluding carboxylic acids is 1. The van der Waals surface area contributed by atoms with Gasteiger partial charge >= 0.3 is 0 Å². The second-order valence-corrected chi connectivity index (χ2v) is 7.90. The molecule has 0 saturated carbocycles. The Balaban J connectivity index is 1.66. The van der Waals surface area contributed by atoms with Crippen LogP contribution >= 0.6 is 11.3 Å². The van der Waals surface area contributed by atoms with Crippen molar-refractivity contribution < 1.29 is 13.7 Å². The van der Waals surface area contributed by atoms with Gasteiger partial charge in [0.1, 0.15) is 17.3 Å². The molecule has 0 aliphatic heterocycles. The second-order valence-electron chi connectivity index (χ2n) is 6.96. The SMILES string of the molecule is CC(C)(C)c1cc(CC(=O)c2csc(Cc3ccc(F)cc3)n2)no1. The number of aromatic nitrogens is 2. The van der Waals surface area contributed by atoms with Gasteiger partial charge in [0.25, 0.3) is 0 Å². The standard InChI is InChI=1S/C19H19FN2O2S/c1-19(2,3)17-10-14(22-24-17)9-16(23)15-11-25-18(21-15)8-12-4-6-13(20)7-5-12/h4-7,10-11H,8-9H2,1-3H3. The smallest absolute Gasteiger partial charge is 0.188 e. The predicted molar refractivity (Wildman–Crippen MR) is 94.6 cm³/mol. The average Bonchev–Trinajstić information content (AvgIpc) is 3.18. The van der Waals surface area contributed by atoms with Crippen LogP contribution in [0.5, 0.6) is 0 Å². The van der Waals surface area contributed by atoms with Crippen LogP contribution in [0.3, 0.4) is 0 Å². The van der Waals surface area contributed by atoms with E-state index < -0.39 is 0 Å². The Bertz CT molecular complexity index is 875. The fraction of sp³-hybridized carbons (Fsp3) is 0.316. The van der Waals surface area contributed by atoms with E-state index in [4.69, 9.17) is 4.52 Å². The molecule has 25 heavy (non-hydrogen) atoms. The highest BCUT2D eigenvalue weighted by molar-refractivity contribution is 7.09. The third-order valence-corrected chi connectivity index (χ3v) is 4.59. The molecule has 0 bridgehead atoms. The van der Waals surface area contributed by atoms with Gasteiger partial charge in [0.2, 0.25) is 0 Å². The highest BCUT2D eigenvalue weighted by Gasteiger charge is 2.21. The summed E-state index contributed by atoms with van der Waals surface area (Å²) in [6.45, 7) is 6.09. The highest BCUT2D eigenvalue weighted by atomic mass is 32.1. The summed E-state index contributed by atoms with van der Waals surface area (Å²) in [7, 11) is 0. The summed E-state index contributed by atoms with van der Waals surface area (Å²) in [5, 5.41) is 6.56. The van der Waals surface area contributed by atoms with Gasteiger partial charge in [-0.15, -0.1) is 11.3 Å². The number of thiazole rings is 1. The molecule has 0 aliphatic rings. The number of benzene rings is 1. The molecule has 0 fully saturated rings. The zero-order valence-corrected chi connectivity index (χ0v) is 15.2. The van der Waals surface area contributed by atoms with E-state index in [1.165, 1.54) is 23.5 Å². The maximum Gasteiger partial charge on any atom is 0.188 e. The van der Waals surface area contributed by atoms with Crippen molar-refractivity contribution in [3.63, 3.8) is 0 Å². The molecule has 3 rings (SSSR count). The van der Waals surface area contributed by atoms with Crippen LogP contribution in [0.4, 0.5) is 4.39 Å². The Morgan fingerprint density at radius 2 is 1.96 bits per heavy atom. The molecular weight excluding hydrogens is 339 g/mol. The topological polar surface area (TPSA) is 56.0 Å². The molecule has 0 atom stereocenters. The zero-order chi connectivity index (χ0) is 18.0. The van der Waals surface area contributed by atoms with Crippen molar-refractivity contribution >= 4 is 17.1 Å². The fourth-order valence-corrected chi connectivity index (χ4v) is 3.13. The lowest BCUT2D eigenvalue weighted by Gasteiger charge is -2.12. The van der Waals surface area contributed by atoms with Gasteiger partial charge in [0.05, 0.1) is 17.1 Å². The van der Waals surface area contributed by atoms with Gasteiger partial charge in [-0.05, 0) is 17.7 Å². The summed E-state index contributed by atoms with van der Waals surface area (Å²) in [6, 6.07) is 8.12. The molecule has 0 unspecified atom stereocenters. The van der Waals surface area contributed by atoms with E-state index in [1.807, 2.05) is 26.8 Å². The highest BCUT2D eigenvalue weighted by Crippen LogP contribution is 2.23. The summed E-state index contributed by atoms with van der Waals surface area (Å²) in [4.78, 5) is 16.8. The van der Waals surface area contributed by atoms with Crippen LogP contribution in [0.2, 0.25) is 0 Å². The lowest BCUT2D eigenvalue weighted by Crippen LogP contribution is -2.09. The third-order valence-electron chi connectivity index (χ3n) is 3.75. The predicted octanol–water partition coefficient (Wildman–Crippen LogP) is 4.58. The van der Waals surface area contributed by atoms with E-state index >= 15 is 0 Å². The summed E-state index contributed by atoms with van der Waals surface area (Å²) in [6.07, 6.45) is 0.746. The van der Waals surface area contributed by atoms with Crippen LogP contribution < -0.4 is 0 Å². The molecule has 0 radical (unpaired) electrons. The first-order chi connectivity index (χ1) is 11.8. The molecule has 6 heteroatoms. The Morgan fingerprint density at radius 1 is 1.24 bits per heavy atom. The number of hydrogen-bond acceptors (Lipinski definition) is 5. The molecule has 3 aromatic rings. The van der Waals surface area contributed by atoms with E-state index in [9.17, 15) is 9.18 Å². The number of ketones is 1. The number of carbonyl (C=O) groups is 1. The van der Waals surface area contributed by atoms with Crippen LogP contribution in [0.1, 0.15) is 53.3 Å². The van der Waals surface area contributed by atoms with Crippen molar-refractivity contribution in [2.75, 3.05) is 0 Å². The summed E-state index contributed by atoms with van der Waals surface area (Å²) in [5.74, 6) is 0.405. The van der Waals surface area contributed by atoms with Crippen molar-refractivity contribution in [3.8, 4) is 0 Å². The number of halogens is 1. The molecule has 2 aromatic heterocycles. The van der Waals surface area contributed by atoms with Crippen LogP contribution in [-0.4, -0.2) is 15.9 Å². The molecule has 4 nitrogen and oxygen atoms in total. The normalized spacial score (nSPS) is 11.7. The molecule has 0 N–H and O–H groups in total. The molecule has 2 heterocycles. The van der Waals surface area contributed by atoms with E-state index in [2.05, 4.69) is 10.1 Å². The minimum absolute atomic E-state index is 0.0876. The van der Waals surface area contributed by atoms with Crippen LogP contribution in [0, 0.1) is 5.82 Å². The minimum Gasteiger partial charge on any atom is -0.361 e. The first-order valence-electron chi connectivity index (χ1n) is 7.99. The van der Waals surface area contributed by atoms with Crippen LogP contribution in [-0.2, 0) is 18.3 Å². The third kappa shape index (κ3) is 4.39. The van der Waals surface area contributed by atoms with Crippen molar-refractivity contribution in [3.05, 3.63) is 69.2 Å². The van der Waals surface area contributed by atoms with E-state index in [1.54, 1.807) is 17.5 Å². The van der Waals surface area contributed by atoms with Gasteiger partial charge < -0.3 is 4.52 Å². The largest absolute Gasteiger partial charge is 0.361 e. The molecule has 130 valence electrons. The molecule has 0 saturated heterocycles. The quantitative estimate of drug-likeness (QED) is 0.626. The number of Topliss-reactive ketones (excluding diaryl/α,β-unsaturated/α-hetero) is 1. The molecule has 0 amide bonds. The first-order valence-corrected chi connectivity index (χ1v) is 8.87. The average molecular weight is 358 g/mol. The van der Waals surface area contributed by atoms with Gasteiger partial charge in [0.15, 0.2) is 5.78 Å². The Labute approximate surface area is 149 Å². The monoisotopic (exact) mass is 358 g/mol. The summed E-state index contributed by atoms with van der Waals surface area (Å²) < 4.78 is 18.3. The Hall–Kier alpha value is -2.34. The zero-order valence-electron chi connectivity index (χ0n) is 14.4. The first kappa shape index (κ1) is 17.5. The fourth-order valence-electron chi connectivity index (χ4n) is 2.30. The maximum absolute atomic E-state index is 12.9. The van der Waals surface area contributed by atoms with Gasteiger partial charge in [0, 0.05) is 23.3 Å². The van der Waals surface area contributed by atoms with Crippen LogP contribution in [0.25, 0.3) is 0 Å². The van der Waals surface area contributed by atoms with E-state index in [-0.39, 0.29) is 23.4 Å². The second kappa shape index (κ2) is 6.88. The lowest BCUT2D eigenvalue weighted by atomic mass is 9.93. The lowest BCUT2D eigenvalue weighted by molar-refractivity contribution is 0.0986. The number of rotatable bonds is 5. The molecular formula is C19H19FN2O2S. The molecule has 0 spiro atoms. The molecule has 1 aromatic carbocycles. The number of hydrogen-bond donors (Lipinski definition) is 0. The van der Waals surface area contributed by atoms with E-state index in [0.29, 0.717) is 17.8 Å².